The maximum atomic E-state index is 12.1. The Kier molecular flexibility index (Phi) is 3.95. The van der Waals surface area contributed by atoms with Crippen LogP contribution >= 0.6 is 11.6 Å². The van der Waals surface area contributed by atoms with Crippen LogP contribution in [0.3, 0.4) is 0 Å². The van der Waals surface area contributed by atoms with Gasteiger partial charge in [-0.3, -0.25) is 4.79 Å². The molecule has 1 aliphatic rings. The Bertz CT molecular complexity index is 739. The summed E-state index contributed by atoms with van der Waals surface area (Å²) in [6.07, 6.45) is 3.35. The molecular weight excluding hydrogens is 306 g/mol. The van der Waals surface area contributed by atoms with Crippen molar-refractivity contribution in [2.75, 3.05) is 18.0 Å². The SMILES string of the molecule is [N-]=[N+]=NCC1CC(=O)N(c2ccc(-n3cncn3)c(Cl)c2)C1. The second kappa shape index (κ2) is 6.05. The normalized spacial score (nSPS) is 17.6. The molecule has 2 heterocycles. The maximum absolute atomic E-state index is 12.1. The molecule has 0 bridgehead atoms. The molecule has 1 atom stereocenters. The Labute approximate surface area is 130 Å². The van der Waals surface area contributed by atoms with Gasteiger partial charge in [-0.1, -0.05) is 16.7 Å². The van der Waals surface area contributed by atoms with Gasteiger partial charge in [-0.25, -0.2) is 9.67 Å². The molecule has 8 nitrogen and oxygen atoms in total. The Hall–Kier alpha value is -2.57. The van der Waals surface area contributed by atoms with Crippen LogP contribution in [0.1, 0.15) is 6.42 Å². The fourth-order valence-corrected chi connectivity index (χ4v) is 2.75. The summed E-state index contributed by atoms with van der Waals surface area (Å²) in [5, 5.41) is 8.05. The van der Waals surface area contributed by atoms with Gasteiger partial charge in [0.25, 0.3) is 0 Å². The third kappa shape index (κ3) is 2.74. The minimum Gasteiger partial charge on any atom is -0.312 e. The topological polar surface area (TPSA) is 99.8 Å². The van der Waals surface area contributed by atoms with Crippen molar-refractivity contribution < 1.29 is 4.79 Å². The van der Waals surface area contributed by atoms with E-state index >= 15 is 0 Å². The van der Waals surface area contributed by atoms with Crippen LogP contribution in [0.4, 0.5) is 5.69 Å². The lowest BCUT2D eigenvalue weighted by Crippen LogP contribution is -2.24. The number of hydrogen-bond acceptors (Lipinski definition) is 4. The number of carbonyl (C=O) groups excluding carboxylic acids is 1. The van der Waals surface area contributed by atoms with Gasteiger partial charge in [-0.2, -0.15) is 5.10 Å². The van der Waals surface area contributed by atoms with Crippen LogP contribution in [-0.2, 0) is 4.79 Å². The molecule has 0 aliphatic carbocycles. The number of nitrogens with zero attached hydrogens (tertiary/aromatic N) is 7. The van der Waals surface area contributed by atoms with Crippen molar-refractivity contribution in [1.29, 1.82) is 0 Å². The molecule has 9 heteroatoms. The number of aromatic nitrogens is 3. The average Bonchev–Trinajstić information content (AvgIpc) is 3.14. The number of hydrogen-bond donors (Lipinski definition) is 0. The van der Waals surface area contributed by atoms with E-state index in [0.717, 1.165) is 5.69 Å². The lowest BCUT2D eigenvalue weighted by atomic mass is 10.1. The second-order valence-electron chi connectivity index (χ2n) is 4.96. The number of benzene rings is 1. The average molecular weight is 318 g/mol. The predicted octanol–water partition coefficient (Wildman–Crippen LogP) is 2.58. The van der Waals surface area contributed by atoms with E-state index in [-0.39, 0.29) is 11.8 Å². The molecule has 1 aromatic carbocycles. The molecule has 0 saturated carbocycles. The van der Waals surface area contributed by atoms with Gasteiger partial charge in [-0.15, -0.1) is 0 Å². The van der Waals surface area contributed by atoms with Crippen LogP contribution in [0.15, 0.2) is 36.0 Å². The first-order chi connectivity index (χ1) is 10.7. The van der Waals surface area contributed by atoms with Crippen LogP contribution in [0.2, 0.25) is 5.02 Å². The van der Waals surface area contributed by atoms with E-state index in [4.69, 9.17) is 17.1 Å². The van der Waals surface area contributed by atoms with Crippen LogP contribution < -0.4 is 4.90 Å². The van der Waals surface area contributed by atoms with E-state index < -0.39 is 0 Å². The molecule has 1 aliphatic heterocycles. The van der Waals surface area contributed by atoms with E-state index in [1.165, 1.54) is 6.33 Å². The van der Waals surface area contributed by atoms with Crippen molar-refractivity contribution in [2.24, 2.45) is 11.0 Å². The third-order valence-electron chi connectivity index (χ3n) is 3.52. The van der Waals surface area contributed by atoms with Crippen molar-refractivity contribution in [1.82, 2.24) is 14.8 Å². The summed E-state index contributed by atoms with van der Waals surface area (Å²) >= 11 is 6.27. The monoisotopic (exact) mass is 317 g/mol. The number of amides is 1. The largest absolute Gasteiger partial charge is 0.312 e. The minimum absolute atomic E-state index is 0.00251. The lowest BCUT2D eigenvalue weighted by molar-refractivity contribution is -0.117. The van der Waals surface area contributed by atoms with Gasteiger partial charge in [-0.05, 0) is 29.6 Å². The summed E-state index contributed by atoms with van der Waals surface area (Å²) in [6, 6.07) is 5.34. The number of carbonyl (C=O) groups is 1. The predicted molar refractivity (Wildman–Crippen MR) is 80.8 cm³/mol. The summed E-state index contributed by atoms with van der Waals surface area (Å²) in [6.45, 7) is 0.848. The number of azide groups is 1. The Morgan fingerprint density at radius 3 is 3.05 bits per heavy atom. The lowest BCUT2D eigenvalue weighted by Gasteiger charge is -2.17. The summed E-state index contributed by atoms with van der Waals surface area (Å²) < 4.78 is 1.56. The van der Waals surface area contributed by atoms with E-state index in [1.807, 2.05) is 6.07 Å². The van der Waals surface area contributed by atoms with E-state index in [9.17, 15) is 4.79 Å². The van der Waals surface area contributed by atoms with Crippen LogP contribution in [0.5, 0.6) is 0 Å². The molecule has 1 aromatic heterocycles. The Morgan fingerprint density at radius 2 is 2.36 bits per heavy atom. The molecule has 1 fully saturated rings. The Balaban J connectivity index is 1.82. The first kappa shape index (κ1) is 14.4. The van der Waals surface area contributed by atoms with Gasteiger partial charge in [0.2, 0.25) is 5.91 Å². The maximum Gasteiger partial charge on any atom is 0.227 e. The molecule has 1 unspecified atom stereocenters. The number of rotatable bonds is 4. The van der Waals surface area contributed by atoms with Gasteiger partial charge >= 0.3 is 0 Å². The number of halogens is 1. The highest BCUT2D eigenvalue weighted by atomic mass is 35.5. The van der Waals surface area contributed by atoms with Crippen molar-refractivity contribution >= 4 is 23.2 Å². The van der Waals surface area contributed by atoms with Crippen molar-refractivity contribution in [2.45, 2.75) is 6.42 Å². The minimum atomic E-state index is 0.00251. The summed E-state index contributed by atoms with van der Waals surface area (Å²) in [4.78, 5) is 20.4. The summed E-state index contributed by atoms with van der Waals surface area (Å²) in [5.74, 6) is 0.0416. The molecule has 1 saturated heterocycles. The van der Waals surface area contributed by atoms with Crippen molar-refractivity contribution in [3.05, 3.63) is 46.3 Å². The molecule has 0 radical (unpaired) electrons. The first-order valence-electron chi connectivity index (χ1n) is 6.65. The first-order valence-corrected chi connectivity index (χ1v) is 7.02. The van der Waals surface area contributed by atoms with Gasteiger partial charge in [0.15, 0.2) is 0 Å². The van der Waals surface area contributed by atoms with Gasteiger partial charge in [0, 0.05) is 30.1 Å². The molecule has 1 amide bonds. The number of anilines is 1. The molecule has 112 valence electrons. The zero-order valence-corrected chi connectivity index (χ0v) is 12.3. The fourth-order valence-electron chi connectivity index (χ4n) is 2.49. The van der Waals surface area contributed by atoms with Gasteiger partial charge in [0.1, 0.15) is 12.7 Å². The zero-order chi connectivity index (χ0) is 15.5. The quantitative estimate of drug-likeness (QED) is 0.492. The Morgan fingerprint density at radius 1 is 1.50 bits per heavy atom. The summed E-state index contributed by atoms with van der Waals surface area (Å²) in [7, 11) is 0. The highest BCUT2D eigenvalue weighted by molar-refractivity contribution is 6.32. The standard InChI is InChI=1S/C13H12ClN7O/c14-11-4-10(1-2-12(11)21-8-16-7-18-21)20-6-9(3-13(20)22)5-17-19-15/h1-2,4,7-9H,3,5-6H2. The highest BCUT2D eigenvalue weighted by Crippen LogP contribution is 2.30. The van der Waals surface area contributed by atoms with Crippen LogP contribution in [0.25, 0.3) is 16.1 Å². The highest BCUT2D eigenvalue weighted by Gasteiger charge is 2.30. The molecule has 2 aromatic rings. The molecule has 0 N–H and O–H groups in total. The van der Waals surface area contributed by atoms with Crippen molar-refractivity contribution in [3.63, 3.8) is 0 Å². The third-order valence-corrected chi connectivity index (χ3v) is 3.82. The van der Waals surface area contributed by atoms with Gasteiger partial charge < -0.3 is 4.90 Å². The fraction of sp³-hybridized carbons (Fsp3) is 0.308. The second-order valence-corrected chi connectivity index (χ2v) is 5.37. The van der Waals surface area contributed by atoms with E-state index in [1.54, 1.807) is 28.0 Å². The smallest absolute Gasteiger partial charge is 0.227 e. The molecule has 3 rings (SSSR count). The summed E-state index contributed by atoms with van der Waals surface area (Å²) in [5.41, 5.74) is 9.78. The zero-order valence-electron chi connectivity index (χ0n) is 11.5. The molecule has 22 heavy (non-hydrogen) atoms. The van der Waals surface area contributed by atoms with E-state index in [0.29, 0.717) is 30.2 Å². The van der Waals surface area contributed by atoms with Crippen molar-refractivity contribution in [3.8, 4) is 5.69 Å². The van der Waals surface area contributed by atoms with E-state index in [2.05, 4.69) is 20.1 Å². The molecular formula is C13H12ClN7O. The van der Waals surface area contributed by atoms with Crippen LogP contribution in [0, 0.1) is 5.92 Å². The van der Waals surface area contributed by atoms with Gasteiger partial charge in [0.05, 0.1) is 10.7 Å². The molecule has 0 spiro atoms. The van der Waals surface area contributed by atoms with Crippen LogP contribution in [-0.4, -0.2) is 33.8 Å².